The van der Waals surface area contributed by atoms with E-state index in [0.29, 0.717) is 39.0 Å². The smallest absolute Gasteiger partial charge is 0.347 e. The van der Waals surface area contributed by atoms with Gasteiger partial charge in [-0.2, -0.15) is 0 Å². The molecule has 1 fully saturated rings. The molecule has 410 valence electrons. The maximum atomic E-state index is 15.7. The highest BCUT2D eigenvalue weighted by Gasteiger charge is 2.44. The predicted molar refractivity (Wildman–Crippen MR) is 275 cm³/mol. The number of carbonyl (C=O) groups is 4. The van der Waals surface area contributed by atoms with Crippen LogP contribution in [0.15, 0.2) is 94.8 Å². The lowest BCUT2D eigenvalue weighted by Gasteiger charge is -2.32. The Morgan fingerprint density at radius 2 is 1.32 bits per heavy atom. The molecule has 6 heterocycles. The molecule has 0 radical (unpaired) electrons. The summed E-state index contributed by atoms with van der Waals surface area (Å²) >= 11 is 6.61. The maximum Gasteiger partial charge on any atom is 0.347 e. The zero-order valence-corrected chi connectivity index (χ0v) is 40.4. The van der Waals surface area contributed by atoms with Gasteiger partial charge >= 0.3 is 5.97 Å². The molecule has 0 bridgehead atoms. The van der Waals surface area contributed by atoms with Crippen LogP contribution >= 0.6 is 11.6 Å². The first-order valence-electron chi connectivity index (χ1n) is 23.4. The Kier molecular flexibility index (Phi) is 16.4. The molecule has 3 aliphatic rings. The van der Waals surface area contributed by atoms with Crippen LogP contribution in [-0.2, 0) is 30.7 Å². The van der Waals surface area contributed by atoms with Crippen LogP contribution in [0.1, 0.15) is 98.3 Å². The van der Waals surface area contributed by atoms with Gasteiger partial charge in [-0.1, -0.05) is 62.9 Å². The van der Waals surface area contributed by atoms with E-state index < -0.39 is 124 Å². The molecule has 17 nitrogen and oxygen atoms in total. The summed E-state index contributed by atoms with van der Waals surface area (Å²) in [5, 5.41) is 36.0. The number of benzene rings is 3. The Morgan fingerprint density at radius 3 is 1.87 bits per heavy atom. The fraction of sp³-hybridized carbons (Fsp3) is 0.296. The third kappa shape index (κ3) is 11.1. The van der Waals surface area contributed by atoms with Gasteiger partial charge in [0.2, 0.25) is 0 Å². The number of aromatic hydroxyl groups is 2. The van der Waals surface area contributed by atoms with Gasteiger partial charge in [-0.25, -0.2) is 31.1 Å². The van der Waals surface area contributed by atoms with Crippen molar-refractivity contribution in [1.82, 2.24) is 29.3 Å². The van der Waals surface area contributed by atoms with Crippen molar-refractivity contribution in [2.75, 3.05) is 25.0 Å². The van der Waals surface area contributed by atoms with Crippen LogP contribution in [-0.4, -0.2) is 107 Å². The Morgan fingerprint density at radius 1 is 0.795 bits per heavy atom. The molecule has 1 saturated carbocycles. The standard InChI is InChI=1S/C29H21ClF3N3O6.C23H21F3N4O4.2CH4/c1-2-42-28(41)20-24(37)22-23(21(30)16(12-34-22)11-15-7-9-17(31)10-8-15)35(27(20)40)13-29(32,33)14-36-25(38)18-5-3-4-6-19(18)26(36)39;24-13-3-1-11(2-4-13)5-12-8-27-18-19-17(12)28-9-23(25,26)10-30(19)22(34)16(20(18)32)21(33)29-14-6-15(31)7-14;;/h3-10,12,37H,2,11,13-14H2,1H3;1-4,8,14-15,28,31-32H,5-7,9-10H2,(H,29,33);2*1H4. The average Bonchev–Trinajstić information content (AvgIpc) is 3.48. The average molecular weight is 1110 g/mol. The van der Waals surface area contributed by atoms with E-state index in [-0.39, 0.29) is 78.8 Å². The van der Waals surface area contributed by atoms with Gasteiger partial charge in [0.15, 0.2) is 17.1 Å². The van der Waals surface area contributed by atoms with E-state index in [1.165, 1.54) is 80.0 Å². The number of carbonyl (C=O) groups excluding carboxylic acids is 4. The van der Waals surface area contributed by atoms with Gasteiger partial charge in [-0.3, -0.25) is 48.0 Å². The Hall–Kier alpha value is -8.31. The summed E-state index contributed by atoms with van der Waals surface area (Å²) in [6.45, 7) is -3.34. The van der Waals surface area contributed by atoms with Crippen molar-refractivity contribution in [3.8, 4) is 11.5 Å². The molecule has 78 heavy (non-hydrogen) atoms. The molecule has 0 atom stereocenters. The Bertz CT molecular complexity index is 3610. The fourth-order valence-electron chi connectivity index (χ4n) is 9.18. The van der Waals surface area contributed by atoms with E-state index in [2.05, 4.69) is 20.6 Å². The van der Waals surface area contributed by atoms with Gasteiger partial charge in [-0.15, -0.1) is 0 Å². The topological polar surface area (TPSA) is 235 Å². The van der Waals surface area contributed by atoms with E-state index in [4.69, 9.17) is 16.3 Å². The summed E-state index contributed by atoms with van der Waals surface area (Å²) in [5.41, 5.74) is -2.95. The van der Waals surface area contributed by atoms with Crippen molar-refractivity contribution >= 4 is 63.0 Å². The molecular formula is C54H50ClF6N7O10. The van der Waals surface area contributed by atoms with Crippen molar-refractivity contribution in [3.05, 3.63) is 167 Å². The van der Waals surface area contributed by atoms with Crippen LogP contribution < -0.4 is 21.8 Å². The lowest BCUT2D eigenvalue weighted by Crippen LogP contribution is -2.48. The number of ether oxygens (including phenoxy) is 1. The first-order chi connectivity index (χ1) is 36.1. The molecular weight excluding hydrogens is 1060 g/mol. The number of amides is 3. The number of rotatable bonds is 12. The fourth-order valence-corrected chi connectivity index (χ4v) is 9.49. The van der Waals surface area contributed by atoms with Crippen molar-refractivity contribution < 1.29 is 65.6 Å². The van der Waals surface area contributed by atoms with Crippen LogP contribution in [0.2, 0.25) is 5.02 Å². The molecule has 2 aliphatic heterocycles. The van der Waals surface area contributed by atoms with E-state index in [1.54, 1.807) is 12.1 Å². The summed E-state index contributed by atoms with van der Waals surface area (Å²) in [4.78, 5) is 86.2. The van der Waals surface area contributed by atoms with Crippen LogP contribution in [0.5, 0.6) is 11.5 Å². The summed E-state index contributed by atoms with van der Waals surface area (Å²) in [5.74, 6) is -13.8. The number of aliphatic hydroxyl groups excluding tert-OH is 1. The van der Waals surface area contributed by atoms with Gasteiger partial charge in [0.05, 0.1) is 71.8 Å². The zero-order valence-electron chi connectivity index (χ0n) is 39.7. The molecule has 0 unspecified atom stereocenters. The second-order valence-corrected chi connectivity index (χ2v) is 18.7. The van der Waals surface area contributed by atoms with E-state index in [0.717, 1.165) is 4.57 Å². The van der Waals surface area contributed by atoms with Gasteiger partial charge in [0, 0.05) is 36.8 Å². The lowest BCUT2D eigenvalue weighted by molar-refractivity contribution is -0.0359. The van der Waals surface area contributed by atoms with E-state index in [9.17, 15) is 61.6 Å². The number of imide groups is 1. The minimum Gasteiger partial charge on any atom is -0.505 e. The van der Waals surface area contributed by atoms with Gasteiger partial charge in [0.1, 0.15) is 28.2 Å². The number of halogens is 7. The molecule has 3 amide bonds. The Balaban J connectivity index is 0.000000225. The molecule has 1 aliphatic carbocycles. The summed E-state index contributed by atoms with van der Waals surface area (Å²) < 4.78 is 93.3. The largest absolute Gasteiger partial charge is 0.505 e. The van der Waals surface area contributed by atoms with E-state index in [1.807, 2.05) is 0 Å². The number of nitrogens with zero attached hydrogens (tertiary/aromatic N) is 5. The summed E-state index contributed by atoms with van der Waals surface area (Å²) in [6, 6.07) is 16.3. The van der Waals surface area contributed by atoms with Gasteiger partial charge < -0.3 is 30.7 Å². The quantitative estimate of drug-likeness (QED) is 0.0444. The predicted octanol–water partition coefficient (Wildman–Crippen LogP) is 8.01. The first kappa shape index (κ1) is 57.4. The summed E-state index contributed by atoms with van der Waals surface area (Å²) in [6.07, 6.45) is 2.90. The number of anilines is 1. The number of aromatic nitrogens is 4. The number of hydrogen-bond acceptors (Lipinski definition) is 13. The molecule has 24 heteroatoms. The lowest BCUT2D eigenvalue weighted by atomic mass is 9.89. The molecule has 0 saturated heterocycles. The normalized spacial score (nSPS) is 16.1. The van der Waals surface area contributed by atoms with Gasteiger partial charge in [-0.05, 0) is 72.9 Å². The molecule has 4 aromatic heterocycles. The highest BCUT2D eigenvalue weighted by molar-refractivity contribution is 6.36. The highest BCUT2D eigenvalue weighted by Crippen LogP contribution is 2.38. The number of esters is 1. The Labute approximate surface area is 444 Å². The SMILES string of the molecule is C.C.CCOC(=O)c1c(O)c2ncc(Cc3ccc(F)cc3)c(Cl)c2n(CC(F)(F)CN2C(=O)c3ccccc3C2=O)c1=O.O=C(NC1CC(O)C1)c1c(O)c2ncc(Cc3ccc(F)cc3)c3c2n(c1=O)CC(F)(F)CN3. The molecule has 7 aromatic rings. The van der Waals surface area contributed by atoms with Crippen molar-refractivity contribution in [2.45, 2.75) is 84.5 Å². The second kappa shape index (κ2) is 22.3. The van der Waals surface area contributed by atoms with Crippen molar-refractivity contribution in [3.63, 3.8) is 0 Å². The minimum atomic E-state index is -3.91. The first-order valence-corrected chi connectivity index (χ1v) is 23.7. The maximum absolute atomic E-state index is 15.7. The zero-order chi connectivity index (χ0) is 54.5. The molecule has 3 aromatic carbocycles. The van der Waals surface area contributed by atoms with E-state index >= 15 is 8.78 Å². The monoisotopic (exact) mass is 1110 g/mol. The number of fused-ring (bicyclic) bond motifs is 2. The van der Waals surface area contributed by atoms with Gasteiger partial charge in [0.25, 0.3) is 40.7 Å². The highest BCUT2D eigenvalue weighted by atomic mass is 35.5. The number of pyridine rings is 4. The van der Waals surface area contributed by atoms with Crippen LogP contribution in [0, 0.1) is 11.6 Å². The molecule has 0 spiro atoms. The van der Waals surface area contributed by atoms with Crippen LogP contribution in [0.3, 0.4) is 0 Å². The van der Waals surface area contributed by atoms with Crippen molar-refractivity contribution in [1.29, 1.82) is 0 Å². The minimum absolute atomic E-state index is 0. The van der Waals surface area contributed by atoms with Crippen molar-refractivity contribution in [2.24, 2.45) is 0 Å². The summed E-state index contributed by atoms with van der Waals surface area (Å²) in [7, 11) is 0. The number of hydrogen-bond donors (Lipinski definition) is 5. The van der Waals surface area contributed by atoms with Crippen LogP contribution in [0.25, 0.3) is 22.1 Å². The third-order valence-corrected chi connectivity index (χ3v) is 13.3. The second-order valence-electron chi connectivity index (χ2n) is 18.3. The number of alkyl halides is 4. The third-order valence-electron chi connectivity index (χ3n) is 12.9. The number of aliphatic hydroxyl groups is 1. The van der Waals surface area contributed by atoms with Crippen LogP contribution in [0.4, 0.5) is 32.0 Å². The molecule has 5 N–H and O–H groups in total. The molecule has 10 rings (SSSR count). The number of nitrogens with one attached hydrogen (secondary N) is 2.